The molecule has 8 nitrogen and oxygen atoms in total. The van der Waals surface area contributed by atoms with Gasteiger partial charge in [-0.3, -0.25) is 4.79 Å². The summed E-state index contributed by atoms with van der Waals surface area (Å²) in [5.74, 6) is -0.0585. The molecule has 23 heavy (non-hydrogen) atoms. The van der Waals surface area contributed by atoms with Crippen LogP contribution in [-0.4, -0.2) is 68.4 Å². The molecule has 9 heteroatoms. The molecule has 0 bridgehead atoms. The fourth-order valence-electron chi connectivity index (χ4n) is 2.16. The first-order chi connectivity index (χ1) is 10.6. The number of carbonyl (C=O) groups is 1. The van der Waals surface area contributed by atoms with Crippen LogP contribution in [0.25, 0.3) is 0 Å². The molecule has 2 heterocycles. The number of aliphatic hydroxyl groups is 4. The zero-order valence-corrected chi connectivity index (χ0v) is 13.9. The highest BCUT2D eigenvalue weighted by molar-refractivity contribution is 7.17. The van der Waals surface area contributed by atoms with Gasteiger partial charge in [-0.1, -0.05) is 32.1 Å². The standard InChI is InChI=1S/C14H22N2O6S/c1-14(2,3)11(21)7-4-15-13(23-7)16-12-10(20)9(19)8(18)6(5-17)22-12/h4,6,8-10,12,17-20H,5H2,1-3H3,(H,15,16). The third-order valence-electron chi connectivity index (χ3n) is 3.57. The van der Waals surface area contributed by atoms with Crippen molar-refractivity contribution in [3.8, 4) is 0 Å². The molecule has 0 aromatic carbocycles. The van der Waals surface area contributed by atoms with E-state index in [0.29, 0.717) is 10.0 Å². The molecule has 0 spiro atoms. The van der Waals surface area contributed by atoms with Crippen molar-refractivity contribution in [3.63, 3.8) is 0 Å². The summed E-state index contributed by atoms with van der Waals surface area (Å²) < 4.78 is 5.33. The van der Waals surface area contributed by atoms with Gasteiger partial charge in [-0.25, -0.2) is 4.98 Å². The Morgan fingerprint density at radius 3 is 2.52 bits per heavy atom. The van der Waals surface area contributed by atoms with Crippen LogP contribution in [0.15, 0.2) is 6.20 Å². The van der Waals surface area contributed by atoms with Crippen LogP contribution >= 0.6 is 11.3 Å². The van der Waals surface area contributed by atoms with Gasteiger partial charge in [0.1, 0.15) is 24.4 Å². The molecule has 5 atom stereocenters. The number of Topliss-reactive ketones (excluding diaryl/α,β-unsaturated/α-hetero) is 1. The topological polar surface area (TPSA) is 132 Å². The lowest BCUT2D eigenvalue weighted by Crippen LogP contribution is -2.60. The molecular weight excluding hydrogens is 324 g/mol. The number of anilines is 1. The van der Waals surface area contributed by atoms with Crippen molar-refractivity contribution in [3.05, 3.63) is 11.1 Å². The summed E-state index contributed by atoms with van der Waals surface area (Å²) in [4.78, 5) is 16.7. The first kappa shape index (κ1) is 18.2. The van der Waals surface area contributed by atoms with Gasteiger partial charge in [0.05, 0.1) is 17.7 Å². The van der Waals surface area contributed by atoms with Crippen LogP contribution in [0.5, 0.6) is 0 Å². The molecule has 0 aliphatic carbocycles. The lowest BCUT2D eigenvalue weighted by molar-refractivity contribution is -0.221. The van der Waals surface area contributed by atoms with Gasteiger partial charge < -0.3 is 30.5 Å². The Kier molecular flexibility index (Phi) is 5.39. The maximum atomic E-state index is 12.2. The molecule has 1 saturated heterocycles. The second-order valence-corrected chi connectivity index (χ2v) is 7.53. The smallest absolute Gasteiger partial charge is 0.185 e. The molecule has 1 aliphatic rings. The van der Waals surface area contributed by atoms with Gasteiger partial charge in [0, 0.05) is 5.41 Å². The van der Waals surface area contributed by atoms with Gasteiger partial charge in [0.2, 0.25) is 0 Å². The highest BCUT2D eigenvalue weighted by Gasteiger charge is 2.43. The van der Waals surface area contributed by atoms with Crippen molar-refractivity contribution in [2.75, 3.05) is 11.9 Å². The van der Waals surface area contributed by atoms with Crippen LogP contribution in [0, 0.1) is 5.41 Å². The minimum atomic E-state index is -1.46. The number of ether oxygens (including phenoxy) is 1. The summed E-state index contributed by atoms with van der Waals surface area (Å²) in [6.45, 7) is 4.91. The normalized spacial score (nSPS) is 31.9. The Morgan fingerprint density at radius 1 is 1.30 bits per heavy atom. The van der Waals surface area contributed by atoms with Crippen molar-refractivity contribution >= 4 is 22.3 Å². The Labute approximate surface area is 137 Å². The molecule has 1 aromatic rings. The third kappa shape index (κ3) is 3.87. The minimum Gasteiger partial charge on any atom is -0.394 e. The summed E-state index contributed by atoms with van der Waals surface area (Å²) in [6.07, 6.45) is -4.91. The van der Waals surface area contributed by atoms with Gasteiger partial charge in [-0.05, 0) is 0 Å². The molecule has 1 fully saturated rings. The maximum Gasteiger partial charge on any atom is 0.185 e. The van der Waals surface area contributed by atoms with Gasteiger partial charge in [0.25, 0.3) is 0 Å². The summed E-state index contributed by atoms with van der Waals surface area (Å²) in [6, 6.07) is 0. The molecule has 1 aliphatic heterocycles. The van der Waals surface area contributed by atoms with E-state index in [1.807, 2.05) is 0 Å². The van der Waals surface area contributed by atoms with Gasteiger partial charge in [-0.15, -0.1) is 0 Å². The number of hydrogen-bond acceptors (Lipinski definition) is 9. The van der Waals surface area contributed by atoms with Crippen LogP contribution in [-0.2, 0) is 4.74 Å². The molecule has 0 saturated carbocycles. The number of nitrogens with zero attached hydrogens (tertiary/aromatic N) is 1. The quantitative estimate of drug-likeness (QED) is 0.465. The molecule has 0 radical (unpaired) electrons. The SMILES string of the molecule is CC(C)(C)C(=O)c1cnc(NC2OC(CO)C(O)C(O)C2O)s1. The van der Waals surface area contributed by atoms with E-state index in [9.17, 15) is 20.1 Å². The highest BCUT2D eigenvalue weighted by atomic mass is 32.1. The number of rotatable bonds is 4. The first-order valence-corrected chi connectivity index (χ1v) is 8.04. The zero-order valence-electron chi connectivity index (χ0n) is 13.1. The number of thiazole rings is 1. The molecule has 0 amide bonds. The van der Waals surface area contributed by atoms with Crippen molar-refractivity contribution in [2.45, 2.75) is 51.4 Å². The van der Waals surface area contributed by atoms with E-state index in [4.69, 9.17) is 9.84 Å². The van der Waals surface area contributed by atoms with Crippen LogP contribution in [0.2, 0.25) is 0 Å². The zero-order chi connectivity index (χ0) is 17.4. The van der Waals surface area contributed by atoms with Crippen LogP contribution in [0.4, 0.5) is 5.13 Å². The van der Waals surface area contributed by atoms with E-state index in [1.54, 1.807) is 20.8 Å². The molecule has 1 aromatic heterocycles. The lowest BCUT2D eigenvalue weighted by atomic mass is 9.90. The monoisotopic (exact) mass is 346 g/mol. The Morgan fingerprint density at radius 2 is 1.96 bits per heavy atom. The average Bonchev–Trinajstić information content (AvgIpc) is 2.94. The largest absolute Gasteiger partial charge is 0.394 e. The van der Waals surface area contributed by atoms with Crippen molar-refractivity contribution < 1.29 is 30.0 Å². The van der Waals surface area contributed by atoms with Crippen LogP contribution in [0.1, 0.15) is 30.4 Å². The second-order valence-electron chi connectivity index (χ2n) is 6.50. The number of aromatic nitrogens is 1. The van der Waals surface area contributed by atoms with Gasteiger partial charge in [-0.2, -0.15) is 0 Å². The van der Waals surface area contributed by atoms with E-state index < -0.39 is 42.7 Å². The summed E-state index contributed by atoms with van der Waals surface area (Å²) >= 11 is 1.10. The lowest BCUT2D eigenvalue weighted by Gasteiger charge is -2.40. The van der Waals surface area contributed by atoms with Crippen molar-refractivity contribution in [2.24, 2.45) is 5.41 Å². The fourth-order valence-corrected chi connectivity index (χ4v) is 3.15. The fraction of sp³-hybridized carbons (Fsp3) is 0.714. The van der Waals surface area contributed by atoms with Crippen LogP contribution in [0.3, 0.4) is 0 Å². The van der Waals surface area contributed by atoms with Gasteiger partial charge >= 0.3 is 0 Å². The summed E-state index contributed by atoms with van der Waals surface area (Å²) in [5.41, 5.74) is -0.535. The number of hydrogen-bond donors (Lipinski definition) is 5. The van der Waals surface area contributed by atoms with E-state index in [0.717, 1.165) is 11.3 Å². The number of ketones is 1. The summed E-state index contributed by atoms with van der Waals surface area (Å²) in [5, 5.41) is 41.7. The third-order valence-corrected chi connectivity index (χ3v) is 4.50. The Balaban J connectivity index is 2.10. The number of nitrogens with one attached hydrogen (secondary N) is 1. The van der Waals surface area contributed by atoms with E-state index >= 15 is 0 Å². The van der Waals surface area contributed by atoms with E-state index in [2.05, 4.69) is 10.3 Å². The minimum absolute atomic E-state index is 0.0585. The molecule has 5 N–H and O–H groups in total. The summed E-state index contributed by atoms with van der Waals surface area (Å²) in [7, 11) is 0. The number of aliphatic hydroxyl groups excluding tert-OH is 4. The first-order valence-electron chi connectivity index (χ1n) is 7.23. The molecule has 130 valence electrons. The molecule has 2 rings (SSSR count). The van der Waals surface area contributed by atoms with E-state index in [1.165, 1.54) is 6.20 Å². The Bertz CT molecular complexity index is 556. The Hall–Kier alpha value is -1.10. The molecular formula is C14H22N2O6S. The van der Waals surface area contributed by atoms with E-state index in [-0.39, 0.29) is 5.78 Å². The van der Waals surface area contributed by atoms with Crippen molar-refractivity contribution in [1.29, 1.82) is 0 Å². The average molecular weight is 346 g/mol. The van der Waals surface area contributed by atoms with Crippen LogP contribution < -0.4 is 5.32 Å². The predicted octanol–water partition coefficient (Wildman–Crippen LogP) is -0.416. The van der Waals surface area contributed by atoms with Gasteiger partial charge in [0.15, 0.2) is 17.1 Å². The molecule has 5 unspecified atom stereocenters. The second kappa shape index (κ2) is 6.80. The highest BCUT2D eigenvalue weighted by Crippen LogP contribution is 2.29. The van der Waals surface area contributed by atoms with Crippen molar-refractivity contribution in [1.82, 2.24) is 4.98 Å². The predicted molar refractivity (Wildman–Crippen MR) is 83.3 cm³/mol. The maximum absolute atomic E-state index is 12.2. The number of carbonyl (C=O) groups excluding carboxylic acids is 1.